The molecule has 2 aliphatic heterocycles. The highest BCUT2D eigenvalue weighted by atomic mass is 16.5. The van der Waals surface area contributed by atoms with Crippen LogP contribution in [0.25, 0.3) is 10.9 Å². The first kappa shape index (κ1) is 24.3. The highest BCUT2D eigenvalue weighted by Gasteiger charge is 2.60. The quantitative estimate of drug-likeness (QED) is 0.448. The van der Waals surface area contributed by atoms with Crippen LogP contribution in [0.15, 0.2) is 48.5 Å². The Bertz CT molecular complexity index is 1270. The highest BCUT2D eigenvalue weighted by Crippen LogP contribution is 2.48. The SMILES string of the molecule is CCOc1ccc2[nH]c3c(c2c1)C[C@@]1(C)C(=O)N(CCN(CC)CCO)C(=O)N1[C@@H]3c1ccccc1. The molecule has 2 N–H and O–H groups in total. The standard InChI is InChI=1S/C28H34N4O4/c1-4-30(15-16-33)13-14-31-26(34)28(3)18-22-21-17-20(36-5-2)11-12-23(21)29-24(22)25(32(28)27(31)35)19-9-7-6-8-10-19/h6-12,17,25,29,33H,4-5,13-16,18H2,1-3H3/t25-,28+/m1/s1. The molecule has 0 aliphatic carbocycles. The third-order valence-corrected chi connectivity index (χ3v) is 7.57. The van der Waals surface area contributed by atoms with Crippen molar-refractivity contribution in [2.24, 2.45) is 0 Å². The summed E-state index contributed by atoms with van der Waals surface area (Å²) in [7, 11) is 0. The van der Waals surface area contributed by atoms with Gasteiger partial charge in [0.2, 0.25) is 0 Å². The first-order valence-corrected chi connectivity index (χ1v) is 12.7. The zero-order valence-corrected chi connectivity index (χ0v) is 21.2. The van der Waals surface area contributed by atoms with Gasteiger partial charge in [0.05, 0.1) is 13.2 Å². The van der Waals surface area contributed by atoms with Crippen molar-refractivity contribution >= 4 is 22.8 Å². The Morgan fingerprint density at radius 2 is 1.92 bits per heavy atom. The minimum atomic E-state index is -1.00. The average Bonchev–Trinajstić information content (AvgIpc) is 3.33. The minimum Gasteiger partial charge on any atom is -0.494 e. The lowest BCUT2D eigenvalue weighted by Crippen LogP contribution is -2.53. The number of amides is 3. The summed E-state index contributed by atoms with van der Waals surface area (Å²) in [6, 6.07) is 15.2. The molecule has 3 aromatic rings. The Morgan fingerprint density at radius 1 is 1.14 bits per heavy atom. The summed E-state index contributed by atoms with van der Waals surface area (Å²) in [5.41, 5.74) is 2.92. The van der Waals surface area contributed by atoms with E-state index in [1.54, 1.807) is 4.90 Å². The second kappa shape index (κ2) is 9.59. The molecule has 190 valence electrons. The minimum absolute atomic E-state index is 0.0428. The van der Waals surface area contributed by atoms with Crippen molar-refractivity contribution in [1.29, 1.82) is 0 Å². The number of imide groups is 1. The Labute approximate surface area is 211 Å². The van der Waals surface area contributed by atoms with Gasteiger partial charge in [-0.25, -0.2) is 4.79 Å². The van der Waals surface area contributed by atoms with E-state index in [-0.39, 0.29) is 18.5 Å². The molecule has 0 radical (unpaired) electrons. The van der Waals surface area contributed by atoms with Crippen LogP contribution in [0.5, 0.6) is 5.75 Å². The zero-order chi connectivity index (χ0) is 25.4. The number of aromatic amines is 1. The first-order valence-electron chi connectivity index (χ1n) is 12.7. The van der Waals surface area contributed by atoms with Crippen molar-refractivity contribution < 1.29 is 19.4 Å². The molecule has 3 amide bonds. The lowest BCUT2D eigenvalue weighted by molar-refractivity contribution is -0.133. The molecular formula is C28H34N4O4. The van der Waals surface area contributed by atoms with E-state index in [1.165, 1.54) is 4.90 Å². The Balaban J connectivity index is 1.60. The molecule has 0 bridgehead atoms. The van der Waals surface area contributed by atoms with E-state index < -0.39 is 11.6 Å². The first-order chi connectivity index (χ1) is 17.4. The number of urea groups is 1. The van der Waals surface area contributed by atoms with Gasteiger partial charge in [0.1, 0.15) is 17.3 Å². The third-order valence-electron chi connectivity index (χ3n) is 7.57. The van der Waals surface area contributed by atoms with Crippen molar-refractivity contribution in [2.45, 2.75) is 38.8 Å². The van der Waals surface area contributed by atoms with Gasteiger partial charge < -0.3 is 14.8 Å². The van der Waals surface area contributed by atoms with Gasteiger partial charge in [0.15, 0.2) is 0 Å². The maximum Gasteiger partial charge on any atom is 0.328 e. The van der Waals surface area contributed by atoms with Crippen LogP contribution in [0.2, 0.25) is 0 Å². The normalized spacial score (nSPS) is 21.4. The third kappa shape index (κ3) is 3.85. The summed E-state index contributed by atoms with van der Waals surface area (Å²) in [4.78, 5) is 36.6. The molecule has 1 saturated heterocycles. The van der Waals surface area contributed by atoms with E-state index in [0.29, 0.717) is 32.7 Å². The van der Waals surface area contributed by atoms with Gasteiger partial charge in [-0.3, -0.25) is 19.5 Å². The molecule has 5 rings (SSSR count). The van der Waals surface area contributed by atoms with Gasteiger partial charge in [-0.1, -0.05) is 37.3 Å². The van der Waals surface area contributed by atoms with Crippen molar-refractivity contribution in [3.8, 4) is 5.75 Å². The van der Waals surface area contributed by atoms with E-state index in [2.05, 4.69) is 4.98 Å². The van der Waals surface area contributed by atoms with Gasteiger partial charge in [-0.2, -0.15) is 0 Å². The molecule has 3 heterocycles. The smallest absolute Gasteiger partial charge is 0.328 e. The molecule has 0 saturated carbocycles. The van der Waals surface area contributed by atoms with Gasteiger partial charge in [0.25, 0.3) is 5.91 Å². The molecule has 1 aromatic heterocycles. The second-order valence-corrected chi connectivity index (χ2v) is 9.69. The van der Waals surface area contributed by atoms with E-state index >= 15 is 0 Å². The number of likely N-dealkylation sites (N-methyl/N-ethyl adjacent to an activating group) is 1. The number of ether oxygens (including phenoxy) is 1. The molecule has 1 fully saturated rings. The van der Waals surface area contributed by atoms with Crippen LogP contribution in [-0.2, 0) is 11.2 Å². The van der Waals surface area contributed by atoms with Crippen molar-refractivity contribution in [3.05, 3.63) is 65.4 Å². The summed E-state index contributed by atoms with van der Waals surface area (Å²) in [6.45, 7) is 8.55. The summed E-state index contributed by atoms with van der Waals surface area (Å²) < 4.78 is 5.76. The number of nitrogens with one attached hydrogen (secondary N) is 1. The summed E-state index contributed by atoms with van der Waals surface area (Å²) in [5, 5.41) is 10.4. The van der Waals surface area contributed by atoms with E-state index in [0.717, 1.165) is 40.0 Å². The fourth-order valence-corrected chi connectivity index (χ4v) is 5.74. The average molecular weight is 491 g/mol. The molecule has 0 unspecified atom stereocenters. The summed E-state index contributed by atoms with van der Waals surface area (Å²) >= 11 is 0. The molecule has 36 heavy (non-hydrogen) atoms. The molecule has 2 aliphatic rings. The number of H-pyrrole nitrogens is 1. The largest absolute Gasteiger partial charge is 0.494 e. The molecule has 8 heteroatoms. The lowest BCUT2D eigenvalue weighted by Gasteiger charge is -2.42. The van der Waals surface area contributed by atoms with Crippen LogP contribution in [-0.4, -0.2) is 81.7 Å². The number of nitrogens with zero attached hydrogens (tertiary/aromatic N) is 3. The molecule has 2 aromatic carbocycles. The predicted molar refractivity (Wildman–Crippen MR) is 138 cm³/mol. The van der Waals surface area contributed by atoms with E-state index in [9.17, 15) is 14.7 Å². The van der Waals surface area contributed by atoms with Crippen LogP contribution in [0.4, 0.5) is 4.79 Å². The summed E-state index contributed by atoms with van der Waals surface area (Å²) in [5.74, 6) is 0.615. The second-order valence-electron chi connectivity index (χ2n) is 9.69. The van der Waals surface area contributed by atoms with Crippen LogP contribution >= 0.6 is 0 Å². The number of benzene rings is 2. The predicted octanol–water partition coefficient (Wildman–Crippen LogP) is 3.55. The number of aromatic nitrogens is 1. The lowest BCUT2D eigenvalue weighted by atomic mass is 9.81. The number of rotatable bonds is 9. The maximum atomic E-state index is 13.9. The number of hydrogen-bond donors (Lipinski definition) is 2. The van der Waals surface area contributed by atoms with Crippen LogP contribution in [0.3, 0.4) is 0 Å². The van der Waals surface area contributed by atoms with Gasteiger partial charge >= 0.3 is 6.03 Å². The van der Waals surface area contributed by atoms with E-state index in [1.807, 2.05) is 74.2 Å². The fraction of sp³-hybridized carbons (Fsp3) is 0.429. The van der Waals surface area contributed by atoms with E-state index in [4.69, 9.17) is 4.74 Å². The van der Waals surface area contributed by atoms with Crippen molar-refractivity contribution in [1.82, 2.24) is 19.7 Å². The van der Waals surface area contributed by atoms with Crippen molar-refractivity contribution in [2.75, 3.05) is 39.4 Å². The van der Waals surface area contributed by atoms with Gasteiger partial charge in [-0.15, -0.1) is 0 Å². The number of fused-ring (bicyclic) bond motifs is 4. The van der Waals surface area contributed by atoms with Crippen LogP contribution in [0.1, 0.15) is 43.6 Å². The number of aliphatic hydroxyl groups is 1. The fourth-order valence-electron chi connectivity index (χ4n) is 5.74. The zero-order valence-electron chi connectivity index (χ0n) is 21.2. The number of carbonyl (C=O) groups is 2. The number of hydrogen-bond acceptors (Lipinski definition) is 5. The van der Waals surface area contributed by atoms with Crippen LogP contribution < -0.4 is 4.74 Å². The van der Waals surface area contributed by atoms with Gasteiger partial charge in [0, 0.05) is 42.7 Å². The Kier molecular flexibility index (Phi) is 6.49. The topological polar surface area (TPSA) is 89.1 Å². The Hall–Kier alpha value is -3.36. The molecule has 0 spiro atoms. The number of aliphatic hydroxyl groups excluding tert-OH is 1. The molecule has 2 atom stereocenters. The Morgan fingerprint density at radius 3 is 2.61 bits per heavy atom. The molecular weight excluding hydrogens is 456 g/mol. The van der Waals surface area contributed by atoms with Crippen molar-refractivity contribution in [3.63, 3.8) is 0 Å². The maximum absolute atomic E-state index is 13.9. The summed E-state index contributed by atoms with van der Waals surface area (Å²) in [6.07, 6.45) is 0.427. The van der Waals surface area contributed by atoms with Gasteiger partial charge in [-0.05, 0) is 49.7 Å². The van der Waals surface area contributed by atoms with Crippen LogP contribution in [0, 0.1) is 0 Å². The number of carbonyl (C=O) groups excluding carboxylic acids is 2. The highest BCUT2D eigenvalue weighted by molar-refractivity contribution is 6.08. The molecule has 8 nitrogen and oxygen atoms in total. The monoisotopic (exact) mass is 490 g/mol.